The van der Waals surface area contributed by atoms with E-state index in [0.29, 0.717) is 6.61 Å². The fraction of sp³-hybridized carbons (Fsp3) is 0.667. The van der Waals surface area contributed by atoms with E-state index in [1.165, 1.54) is 7.11 Å². The topological polar surface area (TPSA) is 53.4 Å². The third-order valence-electron chi connectivity index (χ3n) is 3.24. The highest BCUT2D eigenvalue weighted by Crippen LogP contribution is 2.30. The zero-order valence-corrected chi connectivity index (χ0v) is 10.9. The molecule has 0 aromatic carbocycles. The summed E-state index contributed by atoms with van der Waals surface area (Å²) in [6.45, 7) is 0.607. The summed E-state index contributed by atoms with van der Waals surface area (Å²) in [4.78, 5) is 15.0. The van der Waals surface area contributed by atoms with Crippen LogP contribution in [-0.4, -0.2) is 35.3 Å². The van der Waals surface area contributed by atoms with Crippen LogP contribution in [0.3, 0.4) is 0 Å². The number of halogens is 3. The molecule has 0 saturated carbocycles. The maximum absolute atomic E-state index is 12.5. The van der Waals surface area contributed by atoms with E-state index < -0.39 is 23.9 Å². The quantitative estimate of drug-likeness (QED) is 0.798. The Labute approximate surface area is 113 Å². The number of hydrogen-bond acceptors (Lipinski definition) is 4. The predicted octanol–water partition coefficient (Wildman–Crippen LogP) is 2.19. The Bertz CT molecular complexity index is 467. The number of carbonyl (C=O) groups excluding carboxylic acids is 1. The molecule has 2 rings (SSSR count). The third-order valence-corrected chi connectivity index (χ3v) is 3.24. The van der Waals surface area contributed by atoms with Crippen molar-refractivity contribution in [3.63, 3.8) is 0 Å². The van der Waals surface area contributed by atoms with Gasteiger partial charge >= 0.3 is 12.1 Å². The van der Waals surface area contributed by atoms with E-state index >= 15 is 0 Å². The van der Waals surface area contributed by atoms with E-state index in [1.54, 1.807) is 0 Å². The van der Waals surface area contributed by atoms with Gasteiger partial charge in [0.05, 0.1) is 19.5 Å². The summed E-state index contributed by atoms with van der Waals surface area (Å²) in [7, 11) is 1.20. The van der Waals surface area contributed by atoms with Crippen molar-refractivity contribution in [3.8, 4) is 0 Å². The molecule has 2 unspecified atom stereocenters. The van der Waals surface area contributed by atoms with Gasteiger partial charge in [0, 0.05) is 19.2 Å². The van der Waals surface area contributed by atoms with Gasteiger partial charge in [-0.05, 0) is 12.8 Å². The molecule has 0 N–H and O–H groups in total. The van der Waals surface area contributed by atoms with Gasteiger partial charge in [0.25, 0.3) is 0 Å². The fourth-order valence-electron chi connectivity index (χ4n) is 2.21. The van der Waals surface area contributed by atoms with Gasteiger partial charge in [-0.15, -0.1) is 0 Å². The van der Waals surface area contributed by atoms with Gasteiger partial charge in [-0.25, -0.2) is 9.78 Å². The van der Waals surface area contributed by atoms with E-state index in [0.717, 1.165) is 29.9 Å². The number of carbonyl (C=O) groups is 1. The van der Waals surface area contributed by atoms with Crippen LogP contribution in [0.2, 0.25) is 0 Å². The van der Waals surface area contributed by atoms with E-state index in [4.69, 9.17) is 4.74 Å². The van der Waals surface area contributed by atoms with Crippen molar-refractivity contribution in [2.24, 2.45) is 0 Å². The molecule has 2 atom stereocenters. The minimum Gasteiger partial charge on any atom is -0.467 e. The van der Waals surface area contributed by atoms with Crippen LogP contribution in [0, 0.1) is 0 Å². The monoisotopic (exact) mass is 292 g/mol. The molecule has 8 heteroatoms. The SMILES string of the molecule is COC(=O)C(CC1CCCO1)n1cnc(C(F)(F)F)c1. The molecule has 1 aliphatic rings. The first-order valence-corrected chi connectivity index (χ1v) is 6.22. The number of aromatic nitrogens is 2. The first kappa shape index (κ1) is 14.8. The molecule has 112 valence electrons. The number of methoxy groups -OCH3 is 1. The maximum atomic E-state index is 12.5. The van der Waals surface area contributed by atoms with Gasteiger partial charge in [0.1, 0.15) is 6.04 Å². The third kappa shape index (κ3) is 3.30. The van der Waals surface area contributed by atoms with Crippen LogP contribution in [0.1, 0.15) is 31.0 Å². The Balaban J connectivity index is 2.17. The Morgan fingerprint density at radius 1 is 1.65 bits per heavy atom. The lowest BCUT2D eigenvalue weighted by Gasteiger charge is -2.19. The highest BCUT2D eigenvalue weighted by Gasteiger charge is 2.35. The smallest absolute Gasteiger partial charge is 0.434 e. The van der Waals surface area contributed by atoms with E-state index in [9.17, 15) is 18.0 Å². The average molecular weight is 292 g/mol. The molecule has 1 aromatic rings. The number of nitrogens with zero attached hydrogens (tertiary/aromatic N) is 2. The molecule has 1 aliphatic heterocycles. The molecular formula is C12H15F3N2O3. The Hall–Kier alpha value is -1.57. The second-order valence-electron chi connectivity index (χ2n) is 4.61. The van der Waals surface area contributed by atoms with Crippen LogP contribution < -0.4 is 0 Å². The van der Waals surface area contributed by atoms with Crippen molar-refractivity contribution in [1.82, 2.24) is 9.55 Å². The predicted molar refractivity (Wildman–Crippen MR) is 61.9 cm³/mol. The van der Waals surface area contributed by atoms with E-state index in [1.807, 2.05) is 0 Å². The number of esters is 1. The minimum atomic E-state index is -4.53. The van der Waals surface area contributed by atoms with Gasteiger partial charge in [0.15, 0.2) is 5.69 Å². The van der Waals surface area contributed by atoms with Crippen LogP contribution in [0.25, 0.3) is 0 Å². The molecule has 0 spiro atoms. The Kier molecular flexibility index (Phi) is 4.32. The molecule has 0 bridgehead atoms. The summed E-state index contributed by atoms with van der Waals surface area (Å²) in [5.41, 5.74) is -1.03. The van der Waals surface area contributed by atoms with Crippen LogP contribution in [0.5, 0.6) is 0 Å². The van der Waals surface area contributed by atoms with Crippen molar-refractivity contribution in [3.05, 3.63) is 18.2 Å². The standard InChI is InChI=1S/C12H15F3N2O3/c1-19-11(18)9(5-8-3-2-4-20-8)17-6-10(16-7-17)12(13,14)15/h6-9H,2-5H2,1H3. The number of rotatable bonds is 4. The summed E-state index contributed by atoms with van der Waals surface area (Å²) >= 11 is 0. The number of imidazole rings is 1. The largest absolute Gasteiger partial charge is 0.467 e. The molecule has 1 saturated heterocycles. The second kappa shape index (κ2) is 5.82. The Morgan fingerprint density at radius 3 is 2.90 bits per heavy atom. The fourth-order valence-corrected chi connectivity index (χ4v) is 2.21. The van der Waals surface area contributed by atoms with Crippen molar-refractivity contribution < 1.29 is 27.4 Å². The van der Waals surface area contributed by atoms with E-state index in [2.05, 4.69) is 9.72 Å². The summed E-state index contributed by atoms with van der Waals surface area (Å²) in [6.07, 6.45) is -0.910. The lowest BCUT2D eigenvalue weighted by molar-refractivity contribution is -0.146. The van der Waals surface area contributed by atoms with Gasteiger partial charge in [-0.1, -0.05) is 0 Å². The number of hydrogen-bond donors (Lipinski definition) is 0. The number of alkyl halides is 3. The molecule has 0 radical (unpaired) electrons. The average Bonchev–Trinajstić information content (AvgIpc) is 3.05. The normalized spacial score (nSPS) is 20.9. The zero-order chi connectivity index (χ0) is 14.8. The summed E-state index contributed by atoms with van der Waals surface area (Å²) in [5, 5.41) is 0. The Morgan fingerprint density at radius 2 is 2.40 bits per heavy atom. The second-order valence-corrected chi connectivity index (χ2v) is 4.61. The van der Waals surface area contributed by atoms with Crippen molar-refractivity contribution in [2.75, 3.05) is 13.7 Å². The van der Waals surface area contributed by atoms with Gasteiger partial charge in [-0.3, -0.25) is 0 Å². The van der Waals surface area contributed by atoms with Gasteiger partial charge in [-0.2, -0.15) is 13.2 Å². The van der Waals surface area contributed by atoms with Crippen LogP contribution >= 0.6 is 0 Å². The first-order valence-electron chi connectivity index (χ1n) is 6.22. The van der Waals surface area contributed by atoms with Crippen LogP contribution in [-0.2, 0) is 20.4 Å². The van der Waals surface area contributed by atoms with Crippen molar-refractivity contribution >= 4 is 5.97 Å². The maximum Gasteiger partial charge on any atom is 0.434 e. The van der Waals surface area contributed by atoms with Crippen molar-refractivity contribution in [2.45, 2.75) is 37.6 Å². The lowest BCUT2D eigenvalue weighted by atomic mass is 10.1. The van der Waals surface area contributed by atoms with Crippen molar-refractivity contribution in [1.29, 1.82) is 0 Å². The van der Waals surface area contributed by atoms with Gasteiger partial charge < -0.3 is 14.0 Å². The molecule has 5 nitrogen and oxygen atoms in total. The number of ether oxygens (including phenoxy) is 2. The highest BCUT2D eigenvalue weighted by atomic mass is 19.4. The molecule has 1 fully saturated rings. The zero-order valence-electron chi connectivity index (χ0n) is 10.9. The highest BCUT2D eigenvalue weighted by molar-refractivity contribution is 5.74. The first-order chi connectivity index (χ1) is 9.41. The molecule has 20 heavy (non-hydrogen) atoms. The van der Waals surface area contributed by atoms with E-state index in [-0.39, 0.29) is 12.5 Å². The molecule has 1 aromatic heterocycles. The minimum absolute atomic E-state index is 0.143. The van der Waals surface area contributed by atoms with Crippen LogP contribution in [0.15, 0.2) is 12.5 Å². The summed E-state index contributed by atoms with van der Waals surface area (Å²) in [6, 6.07) is -0.855. The molecule has 2 heterocycles. The summed E-state index contributed by atoms with van der Waals surface area (Å²) < 4.78 is 48.8. The molecule has 0 amide bonds. The summed E-state index contributed by atoms with van der Waals surface area (Å²) in [5.74, 6) is -0.605. The lowest BCUT2D eigenvalue weighted by Crippen LogP contribution is -2.24. The van der Waals surface area contributed by atoms with Crippen LogP contribution in [0.4, 0.5) is 13.2 Å². The molecule has 0 aliphatic carbocycles. The molecular weight excluding hydrogens is 277 g/mol. The van der Waals surface area contributed by atoms with Gasteiger partial charge in [0.2, 0.25) is 0 Å².